The van der Waals surface area contributed by atoms with Gasteiger partial charge in [0, 0.05) is 41.2 Å². The number of thiazole rings is 1. The second kappa shape index (κ2) is 8.98. The lowest BCUT2D eigenvalue weighted by molar-refractivity contribution is -0.119. The Morgan fingerprint density at radius 1 is 1.09 bits per heavy atom. The number of nitrogens with one attached hydrogen (secondary N) is 2. The fourth-order valence-corrected chi connectivity index (χ4v) is 5.44. The van der Waals surface area contributed by atoms with E-state index < -0.39 is 0 Å². The minimum Gasteiger partial charge on any atom is -0.344 e. The lowest BCUT2D eigenvalue weighted by Crippen LogP contribution is -2.17. The lowest BCUT2D eigenvalue weighted by Gasteiger charge is -2.16. The fraction of sp³-hybridized carbons (Fsp3) is 0.346. The van der Waals surface area contributed by atoms with Crippen LogP contribution in [0.3, 0.4) is 0 Å². The molecule has 33 heavy (non-hydrogen) atoms. The first kappa shape index (κ1) is 21.6. The number of carbonyl (C=O) groups excluding carboxylic acids is 2. The van der Waals surface area contributed by atoms with Crippen molar-refractivity contribution in [2.45, 2.75) is 52.5 Å². The molecule has 1 aliphatic carbocycles. The first-order chi connectivity index (χ1) is 16.0. The summed E-state index contributed by atoms with van der Waals surface area (Å²) in [6.45, 7) is 4.37. The van der Waals surface area contributed by atoms with Gasteiger partial charge in [0.1, 0.15) is 0 Å². The Hall–Kier alpha value is -3.19. The third-order valence-electron chi connectivity index (χ3n) is 6.27. The van der Waals surface area contributed by atoms with E-state index in [1.165, 1.54) is 46.3 Å². The van der Waals surface area contributed by atoms with E-state index >= 15 is 0 Å². The summed E-state index contributed by atoms with van der Waals surface area (Å²) >= 11 is 1.43. The van der Waals surface area contributed by atoms with Gasteiger partial charge in [0.05, 0.1) is 10.2 Å². The highest BCUT2D eigenvalue weighted by molar-refractivity contribution is 7.22. The van der Waals surface area contributed by atoms with Gasteiger partial charge in [0.2, 0.25) is 11.8 Å². The maximum Gasteiger partial charge on any atom is 0.228 e. The van der Waals surface area contributed by atoms with Crippen molar-refractivity contribution in [2.24, 2.45) is 5.92 Å². The van der Waals surface area contributed by atoms with Crippen LogP contribution in [0.1, 0.15) is 44.4 Å². The smallest absolute Gasteiger partial charge is 0.228 e. The molecule has 2 amide bonds. The van der Waals surface area contributed by atoms with Gasteiger partial charge in [-0.2, -0.15) is 0 Å². The van der Waals surface area contributed by atoms with E-state index in [-0.39, 0.29) is 17.7 Å². The van der Waals surface area contributed by atoms with Gasteiger partial charge in [-0.25, -0.2) is 4.98 Å². The highest BCUT2D eigenvalue weighted by atomic mass is 32.1. The molecule has 5 rings (SSSR count). The minimum absolute atomic E-state index is 0.0137. The first-order valence-corrected chi connectivity index (χ1v) is 12.4. The number of rotatable bonds is 6. The summed E-state index contributed by atoms with van der Waals surface area (Å²) in [4.78, 5) is 29.2. The molecule has 1 aliphatic rings. The Balaban J connectivity index is 1.28. The Morgan fingerprint density at radius 3 is 2.76 bits per heavy atom. The number of carbonyl (C=O) groups is 2. The van der Waals surface area contributed by atoms with Crippen LogP contribution in [-0.2, 0) is 29.0 Å². The molecule has 0 saturated heterocycles. The van der Waals surface area contributed by atoms with E-state index in [9.17, 15) is 9.59 Å². The van der Waals surface area contributed by atoms with Crippen LogP contribution in [0.15, 0.2) is 42.5 Å². The molecule has 2 N–H and O–H groups in total. The Morgan fingerprint density at radius 2 is 1.91 bits per heavy atom. The third kappa shape index (κ3) is 4.37. The predicted molar refractivity (Wildman–Crippen MR) is 135 cm³/mol. The van der Waals surface area contributed by atoms with Crippen LogP contribution in [0.25, 0.3) is 21.1 Å². The van der Waals surface area contributed by atoms with Crippen LogP contribution >= 0.6 is 11.3 Å². The van der Waals surface area contributed by atoms with Crippen molar-refractivity contribution in [1.82, 2.24) is 9.55 Å². The second-order valence-corrected chi connectivity index (χ2v) is 9.98. The molecule has 0 unspecified atom stereocenters. The first-order valence-electron chi connectivity index (χ1n) is 11.6. The molecule has 0 bridgehead atoms. The van der Waals surface area contributed by atoms with E-state index in [1.807, 2.05) is 32.0 Å². The van der Waals surface area contributed by atoms with Gasteiger partial charge < -0.3 is 15.2 Å². The largest absolute Gasteiger partial charge is 0.344 e. The van der Waals surface area contributed by atoms with Crippen molar-refractivity contribution in [3.8, 4) is 0 Å². The van der Waals surface area contributed by atoms with Crippen molar-refractivity contribution in [2.75, 3.05) is 10.6 Å². The van der Waals surface area contributed by atoms with E-state index in [0.29, 0.717) is 18.1 Å². The lowest BCUT2D eigenvalue weighted by atomic mass is 9.95. The van der Waals surface area contributed by atoms with Crippen molar-refractivity contribution in [1.29, 1.82) is 0 Å². The molecule has 6 nitrogen and oxygen atoms in total. The predicted octanol–water partition coefficient (Wildman–Crippen LogP) is 5.75. The van der Waals surface area contributed by atoms with Gasteiger partial charge in [-0.3, -0.25) is 9.59 Å². The van der Waals surface area contributed by atoms with Crippen molar-refractivity contribution in [3.05, 3.63) is 53.7 Å². The highest BCUT2D eigenvalue weighted by Gasteiger charge is 2.20. The number of nitrogens with zero attached hydrogens (tertiary/aromatic N) is 2. The molecule has 7 heteroatoms. The average molecular weight is 461 g/mol. The highest BCUT2D eigenvalue weighted by Crippen LogP contribution is 2.32. The van der Waals surface area contributed by atoms with Gasteiger partial charge in [0.25, 0.3) is 0 Å². The number of para-hydroxylation sites is 1. The van der Waals surface area contributed by atoms with Gasteiger partial charge in [0.15, 0.2) is 5.13 Å². The average Bonchev–Trinajstić information content (AvgIpc) is 3.35. The fourth-order valence-electron chi connectivity index (χ4n) is 4.59. The number of amides is 2. The molecule has 4 aromatic rings. The van der Waals surface area contributed by atoms with Crippen LogP contribution in [0, 0.1) is 5.92 Å². The van der Waals surface area contributed by atoms with E-state index in [1.54, 1.807) is 0 Å². The molecule has 2 heterocycles. The molecule has 0 saturated carbocycles. The van der Waals surface area contributed by atoms with E-state index in [0.717, 1.165) is 28.7 Å². The maximum absolute atomic E-state index is 12.8. The van der Waals surface area contributed by atoms with Crippen LogP contribution < -0.4 is 10.6 Å². The molecule has 170 valence electrons. The van der Waals surface area contributed by atoms with Crippen LogP contribution in [0.4, 0.5) is 10.8 Å². The molecule has 2 aromatic heterocycles. The number of anilines is 2. The summed E-state index contributed by atoms with van der Waals surface area (Å²) in [5.41, 5.74) is 5.58. The Kier molecular flexibility index (Phi) is 5.89. The summed E-state index contributed by atoms with van der Waals surface area (Å²) in [6, 6.07) is 14.2. The summed E-state index contributed by atoms with van der Waals surface area (Å²) in [5, 5.41) is 7.78. The zero-order valence-corrected chi connectivity index (χ0v) is 19.8. The molecule has 0 aliphatic heterocycles. The van der Waals surface area contributed by atoms with Crippen molar-refractivity contribution >= 4 is 55.1 Å². The maximum atomic E-state index is 12.8. The molecular weight excluding hydrogens is 432 g/mol. The van der Waals surface area contributed by atoms with Gasteiger partial charge in [-0.05, 0) is 55.5 Å². The number of aryl methyl sites for hydroxylation is 2. The summed E-state index contributed by atoms with van der Waals surface area (Å²) < 4.78 is 3.31. The molecule has 0 fully saturated rings. The summed E-state index contributed by atoms with van der Waals surface area (Å²) in [7, 11) is 0. The zero-order chi connectivity index (χ0) is 22.9. The molecule has 0 atom stereocenters. The number of hydrogen-bond donors (Lipinski definition) is 2. The normalized spacial score (nSPS) is 13.4. The molecule has 0 spiro atoms. The van der Waals surface area contributed by atoms with Gasteiger partial charge >= 0.3 is 0 Å². The zero-order valence-electron chi connectivity index (χ0n) is 19.0. The monoisotopic (exact) mass is 460 g/mol. The topological polar surface area (TPSA) is 76.0 Å². The minimum atomic E-state index is -0.102. The van der Waals surface area contributed by atoms with Crippen LogP contribution in [-0.4, -0.2) is 21.4 Å². The number of benzene rings is 2. The summed E-state index contributed by atoms with van der Waals surface area (Å²) in [6.07, 6.45) is 5.08. The number of hydrogen-bond acceptors (Lipinski definition) is 4. The number of aromatic nitrogens is 2. The number of fused-ring (bicyclic) bond motifs is 4. The second-order valence-electron chi connectivity index (χ2n) is 8.94. The van der Waals surface area contributed by atoms with Gasteiger partial charge in [-0.15, -0.1) is 0 Å². The van der Waals surface area contributed by atoms with Crippen molar-refractivity contribution < 1.29 is 9.59 Å². The molecular formula is C26H28N4O2S. The van der Waals surface area contributed by atoms with E-state index in [4.69, 9.17) is 0 Å². The standard InChI is InChI=1S/C26H28N4O2S/c1-16(2)25(32)29-26-28-20-15-17(11-12-23(20)33-26)27-24(31)13-14-30-21-9-5-3-7-18(21)19-8-4-6-10-22(19)30/h3,5,7,9,11-12,15-16H,4,6,8,10,13-14H2,1-2H3,(H,27,31)(H,28,29,32). The molecule has 2 aromatic carbocycles. The van der Waals surface area contributed by atoms with Crippen LogP contribution in [0.2, 0.25) is 0 Å². The Bertz CT molecular complexity index is 1350. The van der Waals surface area contributed by atoms with Gasteiger partial charge in [-0.1, -0.05) is 43.4 Å². The SMILES string of the molecule is CC(C)C(=O)Nc1nc2cc(NC(=O)CCn3c4c(c5ccccc53)CCCC4)ccc2s1. The quantitative estimate of drug-likeness (QED) is 0.384. The molecule has 0 radical (unpaired) electrons. The van der Waals surface area contributed by atoms with Crippen molar-refractivity contribution in [3.63, 3.8) is 0 Å². The summed E-state index contributed by atoms with van der Waals surface area (Å²) in [5.74, 6) is -0.169. The third-order valence-corrected chi connectivity index (χ3v) is 7.22. The van der Waals surface area contributed by atoms with E-state index in [2.05, 4.69) is 44.5 Å². The Labute approximate surface area is 197 Å². The van der Waals surface area contributed by atoms with Crippen LogP contribution in [0.5, 0.6) is 0 Å².